The first-order valence-corrected chi connectivity index (χ1v) is 16.4. The third kappa shape index (κ3) is 5.35. The summed E-state index contributed by atoms with van der Waals surface area (Å²) in [7, 11) is 0. The molecule has 0 saturated carbocycles. The maximum atomic E-state index is 6.55. The van der Waals surface area contributed by atoms with Crippen molar-refractivity contribution in [3.05, 3.63) is 176 Å². The first kappa shape index (κ1) is 28.6. The average Bonchev–Trinajstić information content (AvgIpc) is 3.58. The number of nitrogens with zero attached hydrogens (tertiary/aromatic N) is 3. The topological polar surface area (TPSA) is 51.8 Å². The van der Waals surface area contributed by atoms with E-state index in [4.69, 9.17) is 19.4 Å². The summed E-state index contributed by atoms with van der Waals surface area (Å²) in [6.07, 6.45) is 0. The molecule has 0 fully saturated rings. The van der Waals surface area contributed by atoms with Crippen LogP contribution in [0.15, 0.2) is 180 Å². The molecule has 0 N–H and O–H groups in total. The fourth-order valence-electron chi connectivity index (χ4n) is 6.52. The van der Waals surface area contributed by atoms with Gasteiger partial charge in [0.15, 0.2) is 17.5 Å². The van der Waals surface area contributed by atoms with Crippen molar-refractivity contribution in [3.63, 3.8) is 0 Å². The third-order valence-electron chi connectivity index (χ3n) is 8.98. The molecule has 0 aliphatic rings. The van der Waals surface area contributed by atoms with Crippen LogP contribution in [0.5, 0.6) is 0 Å². The Morgan fingerprint density at radius 3 is 1.33 bits per heavy atom. The Hall–Kier alpha value is -6.65. The van der Waals surface area contributed by atoms with Crippen LogP contribution in [0.2, 0.25) is 0 Å². The van der Waals surface area contributed by atoms with E-state index >= 15 is 0 Å². The Morgan fingerprint density at radius 1 is 0.306 bits per heavy atom. The predicted octanol–water partition coefficient (Wildman–Crippen LogP) is 11.8. The molecule has 0 radical (unpaired) electrons. The molecule has 0 saturated heterocycles. The number of hydrogen-bond donors (Lipinski definition) is 0. The second kappa shape index (κ2) is 12.2. The molecule has 0 bridgehead atoms. The van der Waals surface area contributed by atoms with E-state index in [2.05, 4.69) is 109 Å². The van der Waals surface area contributed by atoms with Gasteiger partial charge in [0.05, 0.1) is 0 Å². The maximum absolute atomic E-state index is 6.55. The van der Waals surface area contributed by atoms with Crippen molar-refractivity contribution in [1.82, 2.24) is 15.0 Å². The van der Waals surface area contributed by atoms with Gasteiger partial charge in [0.1, 0.15) is 11.2 Å². The van der Waals surface area contributed by atoms with Crippen LogP contribution in [-0.4, -0.2) is 15.0 Å². The van der Waals surface area contributed by atoms with Gasteiger partial charge in [-0.15, -0.1) is 0 Å². The van der Waals surface area contributed by atoms with Crippen molar-refractivity contribution >= 4 is 21.9 Å². The Morgan fingerprint density at radius 2 is 0.735 bits per heavy atom. The number of furan rings is 1. The van der Waals surface area contributed by atoms with E-state index < -0.39 is 0 Å². The fraction of sp³-hybridized carbons (Fsp3) is 0. The molecule has 49 heavy (non-hydrogen) atoms. The summed E-state index contributed by atoms with van der Waals surface area (Å²) in [6.45, 7) is 0. The summed E-state index contributed by atoms with van der Waals surface area (Å²) in [5.41, 5.74) is 11.2. The number of rotatable bonds is 6. The molecule has 7 aromatic carbocycles. The SMILES string of the molecule is c1ccc(-c2ccc(-c3ccc(-c4nc(-c5ccccc5)nc(-c5cccc6oc7c(-c8ccccc8)cccc7c56)n4)cc3)cc2)cc1. The van der Waals surface area contributed by atoms with Crippen molar-refractivity contribution in [3.8, 4) is 67.5 Å². The minimum Gasteiger partial charge on any atom is -0.455 e. The van der Waals surface area contributed by atoms with E-state index in [1.165, 1.54) is 11.1 Å². The minimum absolute atomic E-state index is 0.600. The van der Waals surface area contributed by atoms with E-state index in [1.54, 1.807) is 0 Å². The quantitative estimate of drug-likeness (QED) is 0.184. The van der Waals surface area contributed by atoms with E-state index in [9.17, 15) is 0 Å². The van der Waals surface area contributed by atoms with Gasteiger partial charge in [0.2, 0.25) is 0 Å². The molecule has 9 rings (SSSR count). The molecule has 0 aliphatic heterocycles. The molecule has 230 valence electrons. The van der Waals surface area contributed by atoms with Crippen molar-refractivity contribution < 1.29 is 4.42 Å². The lowest BCUT2D eigenvalue weighted by Gasteiger charge is -2.10. The van der Waals surface area contributed by atoms with E-state index in [0.717, 1.165) is 60.9 Å². The lowest BCUT2D eigenvalue weighted by atomic mass is 9.99. The molecule has 0 unspecified atom stereocenters. The summed E-state index contributed by atoms with van der Waals surface area (Å²) in [6, 6.07) is 60.4. The van der Waals surface area contributed by atoms with Crippen molar-refractivity contribution in [1.29, 1.82) is 0 Å². The zero-order valence-corrected chi connectivity index (χ0v) is 26.5. The summed E-state index contributed by atoms with van der Waals surface area (Å²) in [5, 5.41) is 2.01. The van der Waals surface area contributed by atoms with Crippen LogP contribution in [0.25, 0.3) is 89.5 Å². The van der Waals surface area contributed by atoms with Crippen molar-refractivity contribution in [2.24, 2.45) is 0 Å². The van der Waals surface area contributed by atoms with Crippen molar-refractivity contribution in [2.75, 3.05) is 0 Å². The highest BCUT2D eigenvalue weighted by molar-refractivity contribution is 6.15. The van der Waals surface area contributed by atoms with Crippen LogP contribution < -0.4 is 0 Å². The Balaban J connectivity index is 1.15. The molecular weight excluding hydrogens is 599 g/mol. The van der Waals surface area contributed by atoms with Gasteiger partial charge in [-0.2, -0.15) is 0 Å². The zero-order valence-electron chi connectivity index (χ0n) is 26.5. The normalized spacial score (nSPS) is 11.3. The lowest BCUT2D eigenvalue weighted by molar-refractivity contribution is 0.670. The lowest BCUT2D eigenvalue weighted by Crippen LogP contribution is -2.00. The maximum Gasteiger partial charge on any atom is 0.164 e. The summed E-state index contributed by atoms with van der Waals surface area (Å²) in [4.78, 5) is 15.1. The number of benzene rings is 7. The Bertz CT molecular complexity index is 2560. The third-order valence-corrected chi connectivity index (χ3v) is 8.98. The van der Waals surface area contributed by atoms with Gasteiger partial charge in [0.25, 0.3) is 0 Å². The number of aromatic nitrogens is 3. The van der Waals surface area contributed by atoms with Crippen LogP contribution in [0.4, 0.5) is 0 Å². The second-order valence-corrected chi connectivity index (χ2v) is 12.0. The molecule has 0 spiro atoms. The first-order valence-electron chi connectivity index (χ1n) is 16.4. The first-order chi connectivity index (χ1) is 24.3. The van der Waals surface area contributed by atoms with E-state index in [0.29, 0.717) is 17.5 Å². The second-order valence-electron chi connectivity index (χ2n) is 12.0. The fourth-order valence-corrected chi connectivity index (χ4v) is 6.52. The average molecular weight is 628 g/mol. The van der Waals surface area contributed by atoms with Crippen LogP contribution in [-0.2, 0) is 0 Å². The van der Waals surface area contributed by atoms with Crippen molar-refractivity contribution in [2.45, 2.75) is 0 Å². The van der Waals surface area contributed by atoms with E-state index in [-0.39, 0.29) is 0 Å². The molecule has 4 nitrogen and oxygen atoms in total. The number of para-hydroxylation sites is 1. The molecule has 4 heteroatoms. The highest BCUT2D eigenvalue weighted by Gasteiger charge is 2.19. The monoisotopic (exact) mass is 627 g/mol. The van der Waals surface area contributed by atoms with Gasteiger partial charge in [-0.05, 0) is 33.9 Å². The predicted molar refractivity (Wildman–Crippen MR) is 200 cm³/mol. The van der Waals surface area contributed by atoms with E-state index in [1.807, 2.05) is 66.7 Å². The highest BCUT2D eigenvalue weighted by atomic mass is 16.3. The number of hydrogen-bond acceptors (Lipinski definition) is 4. The Labute approximate surface area is 284 Å². The van der Waals surface area contributed by atoms with Crippen LogP contribution >= 0.6 is 0 Å². The van der Waals surface area contributed by atoms with Gasteiger partial charge in [-0.3, -0.25) is 0 Å². The molecule has 2 aromatic heterocycles. The van der Waals surface area contributed by atoms with Crippen LogP contribution in [0.1, 0.15) is 0 Å². The molecule has 0 aliphatic carbocycles. The molecular formula is C45H29N3O. The smallest absolute Gasteiger partial charge is 0.164 e. The number of fused-ring (bicyclic) bond motifs is 3. The summed E-state index contributed by atoms with van der Waals surface area (Å²) < 4.78 is 6.55. The summed E-state index contributed by atoms with van der Waals surface area (Å²) in [5.74, 6) is 1.84. The molecule has 2 heterocycles. The van der Waals surface area contributed by atoms with Gasteiger partial charge in [-0.25, -0.2) is 15.0 Å². The zero-order chi connectivity index (χ0) is 32.6. The van der Waals surface area contributed by atoms with Gasteiger partial charge in [0, 0.05) is 33.0 Å². The van der Waals surface area contributed by atoms with Gasteiger partial charge >= 0.3 is 0 Å². The largest absolute Gasteiger partial charge is 0.455 e. The summed E-state index contributed by atoms with van der Waals surface area (Å²) >= 11 is 0. The molecule has 0 atom stereocenters. The standard InChI is InChI=1S/C45H29N3O/c1-4-12-30(13-5-1)31-22-24-32(25-23-31)33-26-28-36(29-27-33)44-46-43(35-16-8-3-9-17-35)47-45(48-44)39-20-11-21-40-41(39)38-19-10-18-37(42(38)49-40)34-14-6-2-7-15-34/h1-29H. The Kier molecular flexibility index (Phi) is 7.10. The molecule has 9 aromatic rings. The van der Waals surface area contributed by atoms with Gasteiger partial charge in [-0.1, -0.05) is 170 Å². The van der Waals surface area contributed by atoms with Crippen LogP contribution in [0, 0.1) is 0 Å². The van der Waals surface area contributed by atoms with Crippen LogP contribution in [0.3, 0.4) is 0 Å². The highest BCUT2D eigenvalue weighted by Crippen LogP contribution is 2.40. The van der Waals surface area contributed by atoms with Gasteiger partial charge < -0.3 is 4.42 Å². The minimum atomic E-state index is 0.600. The molecule has 0 amide bonds.